The molecule has 0 bridgehead atoms. The fourth-order valence-corrected chi connectivity index (χ4v) is 3.06. The molecule has 1 aromatic carbocycles. The van der Waals surface area contributed by atoms with Gasteiger partial charge < -0.3 is 10.1 Å². The molecule has 1 saturated carbocycles. The second-order valence-electron chi connectivity index (χ2n) is 5.27. The van der Waals surface area contributed by atoms with Crippen LogP contribution in [0.5, 0.6) is 0 Å². The summed E-state index contributed by atoms with van der Waals surface area (Å²) in [4.78, 5) is 0. The zero-order valence-corrected chi connectivity index (χ0v) is 12.5. The first-order valence-corrected chi connectivity index (χ1v) is 7.79. The predicted octanol–water partition coefficient (Wildman–Crippen LogP) is 4.74. The van der Waals surface area contributed by atoms with E-state index >= 15 is 0 Å². The van der Waals surface area contributed by atoms with Crippen LogP contribution in [0.15, 0.2) is 24.3 Å². The van der Waals surface area contributed by atoms with Crippen LogP contribution in [-0.4, -0.2) is 19.3 Å². The Balaban J connectivity index is 1.70. The van der Waals surface area contributed by atoms with Crippen LogP contribution < -0.4 is 5.32 Å². The molecule has 2 unspecified atom stereocenters. The van der Waals surface area contributed by atoms with Crippen LogP contribution in [0, 0.1) is 5.92 Å². The molecule has 2 atom stereocenters. The molecule has 1 N–H and O–H groups in total. The molecular formula is C16H24ClNO. The monoisotopic (exact) mass is 281 g/mol. The highest BCUT2D eigenvalue weighted by atomic mass is 35.5. The van der Waals surface area contributed by atoms with E-state index in [1.807, 2.05) is 24.3 Å². The molecule has 1 aromatic rings. The van der Waals surface area contributed by atoms with Gasteiger partial charge in [-0.2, -0.15) is 0 Å². The van der Waals surface area contributed by atoms with Crippen molar-refractivity contribution in [2.24, 2.45) is 5.92 Å². The lowest BCUT2D eigenvalue weighted by molar-refractivity contribution is -0.00688. The van der Waals surface area contributed by atoms with Crippen molar-refractivity contribution in [2.45, 2.75) is 45.1 Å². The number of nitrogens with one attached hydrogen (secondary N) is 1. The molecule has 3 heteroatoms. The summed E-state index contributed by atoms with van der Waals surface area (Å²) in [5.41, 5.74) is 0.989. The van der Waals surface area contributed by atoms with Crippen molar-refractivity contribution in [2.75, 3.05) is 18.5 Å². The van der Waals surface area contributed by atoms with Crippen molar-refractivity contribution in [1.29, 1.82) is 0 Å². The van der Waals surface area contributed by atoms with Gasteiger partial charge in [0.2, 0.25) is 0 Å². The summed E-state index contributed by atoms with van der Waals surface area (Å²) in [7, 11) is 0. The van der Waals surface area contributed by atoms with Gasteiger partial charge in [0.15, 0.2) is 0 Å². The van der Waals surface area contributed by atoms with E-state index in [9.17, 15) is 0 Å². The van der Waals surface area contributed by atoms with Gasteiger partial charge in [-0.1, -0.05) is 49.9 Å². The molecular weight excluding hydrogens is 258 g/mol. The zero-order valence-electron chi connectivity index (χ0n) is 11.7. The molecule has 1 aliphatic rings. The summed E-state index contributed by atoms with van der Waals surface area (Å²) in [5, 5.41) is 4.10. The molecule has 2 rings (SSSR count). The molecule has 0 radical (unpaired) electrons. The minimum Gasteiger partial charge on any atom is -0.382 e. The molecule has 0 saturated heterocycles. The average molecular weight is 282 g/mol. The van der Waals surface area contributed by atoms with Gasteiger partial charge in [-0.05, 0) is 30.9 Å². The number of ether oxygens (including phenoxy) is 1. The quantitative estimate of drug-likeness (QED) is 0.761. The molecule has 0 aliphatic heterocycles. The minimum atomic E-state index is 0.465. The third-order valence-corrected chi connectivity index (χ3v) is 4.32. The van der Waals surface area contributed by atoms with Crippen LogP contribution in [0.25, 0.3) is 0 Å². The summed E-state index contributed by atoms with van der Waals surface area (Å²) in [6.45, 7) is 3.84. The van der Waals surface area contributed by atoms with E-state index in [0.717, 1.165) is 29.8 Å². The first-order valence-electron chi connectivity index (χ1n) is 7.41. The van der Waals surface area contributed by atoms with Gasteiger partial charge in [-0.3, -0.25) is 0 Å². The average Bonchev–Trinajstić information content (AvgIpc) is 2.45. The normalized spacial score (nSPS) is 23.3. The molecule has 2 nitrogen and oxygen atoms in total. The molecule has 19 heavy (non-hydrogen) atoms. The van der Waals surface area contributed by atoms with Gasteiger partial charge >= 0.3 is 0 Å². The first-order chi connectivity index (χ1) is 9.31. The van der Waals surface area contributed by atoms with Crippen LogP contribution in [0.4, 0.5) is 5.69 Å². The maximum atomic E-state index is 6.09. The molecule has 1 fully saturated rings. The molecule has 1 aliphatic carbocycles. The van der Waals surface area contributed by atoms with Crippen LogP contribution >= 0.6 is 11.6 Å². The lowest BCUT2D eigenvalue weighted by atomic mass is 9.85. The van der Waals surface area contributed by atoms with E-state index in [2.05, 4.69) is 12.2 Å². The molecule has 0 amide bonds. The predicted molar refractivity (Wildman–Crippen MR) is 81.9 cm³/mol. The second kappa shape index (κ2) is 7.76. The zero-order chi connectivity index (χ0) is 13.5. The van der Waals surface area contributed by atoms with Crippen molar-refractivity contribution in [3.8, 4) is 0 Å². The van der Waals surface area contributed by atoms with Crippen LogP contribution in [0.1, 0.15) is 39.0 Å². The highest BCUT2D eigenvalue weighted by molar-refractivity contribution is 6.33. The topological polar surface area (TPSA) is 21.3 Å². The highest BCUT2D eigenvalue weighted by Crippen LogP contribution is 2.29. The number of rotatable bonds is 6. The van der Waals surface area contributed by atoms with Gasteiger partial charge in [0, 0.05) is 6.54 Å². The fourth-order valence-electron chi connectivity index (χ4n) is 2.86. The van der Waals surface area contributed by atoms with E-state index < -0.39 is 0 Å². The Hall–Kier alpha value is -0.730. The number of benzene rings is 1. The number of hydrogen-bond donors (Lipinski definition) is 1. The van der Waals surface area contributed by atoms with Gasteiger partial charge in [0.25, 0.3) is 0 Å². The number of para-hydroxylation sites is 1. The highest BCUT2D eigenvalue weighted by Gasteiger charge is 2.23. The van der Waals surface area contributed by atoms with Crippen LogP contribution in [0.2, 0.25) is 5.02 Å². The lowest BCUT2D eigenvalue weighted by Crippen LogP contribution is -2.29. The van der Waals surface area contributed by atoms with Gasteiger partial charge in [-0.25, -0.2) is 0 Å². The number of hydrogen-bond acceptors (Lipinski definition) is 2. The summed E-state index contributed by atoms with van der Waals surface area (Å²) in [5.74, 6) is 0.758. The van der Waals surface area contributed by atoms with Crippen LogP contribution in [0.3, 0.4) is 0 Å². The largest absolute Gasteiger partial charge is 0.382 e. The second-order valence-corrected chi connectivity index (χ2v) is 5.68. The Morgan fingerprint density at radius 3 is 2.84 bits per heavy atom. The minimum absolute atomic E-state index is 0.465. The number of halogens is 1. The Kier molecular flexibility index (Phi) is 5.99. The fraction of sp³-hybridized carbons (Fsp3) is 0.625. The Bertz CT molecular complexity index is 383. The molecule has 106 valence electrons. The molecule has 0 aromatic heterocycles. The van der Waals surface area contributed by atoms with E-state index in [-0.39, 0.29) is 0 Å². The van der Waals surface area contributed by atoms with Crippen molar-refractivity contribution in [3.05, 3.63) is 29.3 Å². The standard InChI is InChI=1S/C16H24ClNO/c1-2-13-7-3-6-10-16(13)19-12-11-18-15-9-5-4-8-14(15)17/h4-5,8-9,13,16,18H,2-3,6-7,10-12H2,1H3. The third kappa shape index (κ3) is 4.39. The van der Waals surface area contributed by atoms with E-state index in [1.165, 1.54) is 32.1 Å². The number of anilines is 1. The Morgan fingerprint density at radius 1 is 1.26 bits per heavy atom. The van der Waals surface area contributed by atoms with E-state index in [0.29, 0.717) is 6.10 Å². The van der Waals surface area contributed by atoms with Crippen molar-refractivity contribution in [1.82, 2.24) is 0 Å². The van der Waals surface area contributed by atoms with E-state index in [1.54, 1.807) is 0 Å². The summed E-state index contributed by atoms with van der Waals surface area (Å²) < 4.78 is 6.04. The smallest absolute Gasteiger partial charge is 0.0642 e. The maximum absolute atomic E-state index is 6.09. The van der Waals surface area contributed by atoms with Gasteiger partial charge in [0.1, 0.15) is 0 Å². The lowest BCUT2D eigenvalue weighted by Gasteiger charge is -2.30. The van der Waals surface area contributed by atoms with E-state index in [4.69, 9.17) is 16.3 Å². The van der Waals surface area contributed by atoms with Gasteiger partial charge in [-0.15, -0.1) is 0 Å². The van der Waals surface area contributed by atoms with Gasteiger partial charge in [0.05, 0.1) is 23.4 Å². The molecule has 0 heterocycles. The summed E-state index contributed by atoms with van der Waals surface area (Å²) >= 11 is 6.09. The van der Waals surface area contributed by atoms with Crippen molar-refractivity contribution in [3.63, 3.8) is 0 Å². The van der Waals surface area contributed by atoms with Crippen molar-refractivity contribution < 1.29 is 4.74 Å². The maximum Gasteiger partial charge on any atom is 0.0642 e. The Labute approximate surface area is 121 Å². The molecule has 0 spiro atoms. The first kappa shape index (κ1) is 14.7. The summed E-state index contributed by atoms with van der Waals surface area (Å²) in [6, 6.07) is 7.83. The SMILES string of the molecule is CCC1CCCCC1OCCNc1ccccc1Cl. The summed E-state index contributed by atoms with van der Waals surface area (Å²) in [6.07, 6.45) is 6.95. The third-order valence-electron chi connectivity index (χ3n) is 3.99. The van der Waals surface area contributed by atoms with Crippen LogP contribution in [-0.2, 0) is 4.74 Å². The Morgan fingerprint density at radius 2 is 2.05 bits per heavy atom. The van der Waals surface area contributed by atoms with Crippen molar-refractivity contribution >= 4 is 17.3 Å².